The molecule has 98 valence electrons. The lowest BCUT2D eigenvalue weighted by Gasteiger charge is -2.26. The van der Waals surface area contributed by atoms with Crippen LogP contribution in [0.2, 0.25) is 0 Å². The van der Waals surface area contributed by atoms with Crippen molar-refractivity contribution in [3.63, 3.8) is 0 Å². The van der Waals surface area contributed by atoms with Gasteiger partial charge in [-0.15, -0.1) is 35.1 Å². The highest BCUT2D eigenvalue weighted by molar-refractivity contribution is 8.20. The van der Waals surface area contributed by atoms with Gasteiger partial charge in [-0.25, -0.2) is 0 Å². The number of para-hydroxylation sites is 1. The summed E-state index contributed by atoms with van der Waals surface area (Å²) in [7, 11) is 0. The van der Waals surface area contributed by atoms with E-state index in [1.165, 1.54) is 11.5 Å². The second kappa shape index (κ2) is 6.73. The first kappa shape index (κ1) is 14.1. The summed E-state index contributed by atoms with van der Waals surface area (Å²) in [6.45, 7) is 2.77. The minimum absolute atomic E-state index is 0.0148. The first-order valence-corrected chi connectivity index (χ1v) is 8.50. The van der Waals surface area contributed by atoms with Crippen LogP contribution in [0.5, 0.6) is 0 Å². The van der Waals surface area contributed by atoms with Gasteiger partial charge in [-0.3, -0.25) is 4.79 Å². The van der Waals surface area contributed by atoms with E-state index in [1.807, 2.05) is 59.6 Å². The van der Waals surface area contributed by atoms with E-state index < -0.39 is 0 Å². The molecule has 0 unspecified atom stereocenters. The molecule has 0 aliphatic carbocycles. The van der Waals surface area contributed by atoms with Crippen LogP contribution in [-0.2, 0) is 4.79 Å². The van der Waals surface area contributed by atoms with Crippen LogP contribution in [0.1, 0.15) is 5.56 Å². The van der Waals surface area contributed by atoms with Gasteiger partial charge < -0.3 is 4.90 Å². The number of thioether (sulfide) groups is 2. The number of amides is 1. The predicted molar refractivity (Wildman–Crippen MR) is 83.0 cm³/mol. The van der Waals surface area contributed by atoms with Gasteiger partial charge in [0.1, 0.15) is 5.88 Å². The average molecular weight is 302 g/mol. The van der Waals surface area contributed by atoms with Gasteiger partial charge in [-0.05, 0) is 18.6 Å². The molecule has 0 N–H and O–H groups in total. The number of carbonyl (C=O) groups excluding carboxylic acids is 1. The molecule has 1 aromatic carbocycles. The zero-order valence-electron chi connectivity index (χ0n) is 10.3. The smallest absolute Gasteiger partial charge is 0.241 e. The molecule has 1 fully saturated rings. The van der Waals surface area contributed by atoms with Crippen molar-refractivity contribution < 1.29 is 4.79 Å². The first-order valence-electron chi connectivity index (χ1n) is 5.87. The molecular weight excluding hydrogens is 286 g/mol. The van der Waals surface area contributed by atoms with Crippen LogP contribution in [0.3, 0.4) is 0 Å². The second-order valence-corrected chi connectivity index (χ2v) is 7.28. The summed E-state index contributed by atoms with van der Waals surface area (Å²) in [5.74, 6) is 2.37. The summed E-state index contributed by atoms with van der Waals surface area (Å²) in [4.78, 5) is 13.9. The Morgan fingerprint density at radius 1 is 1.39 bits per heavy atom. The zero-order valence-corrected chi connectivity index (χ0v) is 12.7. The Bertz CT molecular complexity index is 421. The molecule has 18 heavy (non-hydrogen) atoms. The lowest BCUT2D eigenvalue weighted by Crippen LogP contribution is -2.36. The molecule has 1 saturated heterocycles. The normalized spacial score (nSPS) is 15.9. The third-order valence-corrected chi connectivity index (χ3v) is 6.07. The van der Waals surface area contributed by atoms with Gasteiger partial charge in [0.25, 0.3) is 0 Å². The minimum atomic E-state index is -0.0148. The van der Waals surface area contributed by atoms with Crippen molar-refractivity contribution >= 4 is 46.7 Å². The molecule has 1 aromatic rings. The number of alkyl halides is 1. The van der Waals surface area contributed by atoms with E-state index in [9.17, 15) is 4.79 Å². The third-order valence-electron chi connectivity index (χ3n) is 2.84. The lowest BCUT2D eigenvalue weighted by atomic mass is 10.2. The summed E-state index contributed by atoms with van der Waals surface area (Å²) < 4.78 is 0.469. The highest BCUT2D eigenvalue weighted by atomic mass is 35.5. The maximum Gasteiger partial charge on any atom is 0.241 e. The standard InChI is InChI=1S/C13H16ClNOS2/c1-10-4-2-3-5-11(10)15(12(16)8-14)9-13-17-6-7-18-13/h2-5,13H,6-9H2,1H3. The molecule has 5 heteroatoms. The van der Waals surface area contributed by atoms with Crippen LogP contribution in [0, 0.1) is 6.92 Å². The molecule has 0 radical (unpaired) electrons. The van der Waals surface area contributed by atoms with Crippen LogP contribution >= 0.6 is 35.1 Å². The Morgan fingerprint density at radius 3 is 2.67 bits per heavy atom. The summed E-state index contributed by atoms with van der Waals surface area (Å²) >= 11 is 9.58. The van der Waals surface area contributed by atoms with Crippen LogP contribution in [0.25, 0.3) is 0 Å². The fraction of sp³-hybridized carbons (Fsp3) is 0.462. The quantitative estimate of drug-likeness (QED) is 0.795. The summed E-state index contributed by atoms with van der Waals surface area (Å²) in [5.41, 5.74) is 2.10. The largest absolute Gasteiger partial charge is 0.309 e. The molecule has 1 aliphatic heterocycles. The molecule has 0 bridgehead atoms. The number of halogens is 1. The van der Waals surface area contributed by atoms with E-state index in [2.05, 4.69) is 0 Å². The monoisotopic (exact) mass is 301 g/mol. The van der Waals surface area contributed by atoms with Crippen molar-refractivity contribution in [1.82, 2.24) is 0 Å². The maximum absolute atomic E-state index is 12.0. The Labute approximate surface area is 121 Å². The highest BCUT2D eigenvalue weighted by Crippen LogP contribution is 2.34. The molecule has 0 atom stereocenters. The molecule has 1 amide bonds. The van der Waals surface area contributed by atoms with Crippen molar-refractivity contribution in [2.45, 2.75) is 11.5 Å². The molecule has 0 spiro atoms. The number of carbonyl (C=O) groups is 1. The maximum atomic E-state index is 12.0. The molecule has 0 aromatic heterocycles. The second-order valence-electron chi connectivity index (χ2n) is 4.10. The topological polar surface area (TPSA) is 20.3 Å². The number of benzene rings is 1. The number of rotatable bonds is 4. The van der Waals surface area contributed by atoms with E-state index in [1.54, 1.807) is 0 Å². The zero-order chi connectivity index (χ0) is 13.0. The Kier molecular flexibility index (Phi) is 5.27. The predicted octanol–water partition coefficient (Wildman–Crippen LogP) is 3.37. The van der Waals surface area contributed by atoms with E-state index in [0.717, 1.165) is 17.8 Å². The van der Waals surface area contributed by atoms with Crippen LogP contribution in [-0.4, -0.2) is 34.4 Å². The van der Waals surface area contributed by atoms with Gasteiger partial charge in [-0.2, -0.15) is 0 Å². The van der Waals surface area contributed by atoms with Crippen LogP contribution < -0.4 is 4.90 Å². The van der Waals surface area contributed by atoms with Crippen molar-refractivity contribution in [2.24, 2.45) is 0 Å². The van der Waals surface area contributed by atoms with E-state index in [4.69, 9.17) is 11.6 Å². The van der Waals surface area contributed by atoms with Gasteiger partial charge in [0.15, 0.2) is 0 Å². The van der Waals surface area contributed by atoms with Gasteiger partial charge >= 0.3 is 0 Å². The number of anilines is 1. The average Bonchev–Trinajstić information content (AvgIpc) is 2.89. The SMILES string of the molecule is Cc1ccccc1N(CC1SCCS1)C(=O)CCl. The molecule has 0 saturated carbocycles. The summed E-state index contributed by atoms with van der Waals surface area (Å²) in [6.07, 6.45) is 0. The Morgan fingerprint density at radius 2 is 2.06 bits per heavy atom. The summed E-state index contributed by atoms with van der Waals surface area (Å²) in [5, 5.41) is 0. The van der Waals surface area contributed by atoms with E-state index in [-0.39, 0.29) is 11.8 Å². The van der Waals surface area contributed by atoms with Gasteiger partial charge in [0.2, 0.25) is 5.91 Å². The number of aryl methyl sites for hydroxylation is 1. The molecule has 1 aliphatic rings. The minimum Gasteiger partial charge on any atom is -0.309 e. The van der Waals surface area contributed by atoms with Crippen molar-refractivity contribution in [1.29, 1.82) is 0 Å². The molecular formula is C13H16ClNOS2. The fourth-order valence-electron chi connectivity index (χ4n) is 1.93. The number of nitrogens with zero attached hydrogens (tertiary/aromatic N) is 1. The third kappa shape index (κ3) is 3.37. The van der Waals surface area contributed by atoms with Crippen molar-refractivity contribution in [3.8, 4) is 0 Å². The molecule has 1 heterocycles. The van der Waals surface area contributed by atoms with Gasteiger partial charge in [-0.1, -0.05) is 18.2 Å². The Hall–Kier alpha value is -0.320. The van der Waals surface area contributed by atoms with Crippen LogP contribution in [0.4, 0.5) is 5.69 Å². The van der Waals surface area contributed by atoms with E-state index in [0.29, 0.717) is 4.58 Å². The van der Waals surface area contributed by atoms with Crippen molar-refractivity contribution in [2.75, 3.05) is 28.8 Å². The summed E-state index contributed by atoms with van der Waals surface area (Å²) in [6, 6.07) is 7.97. The van der Waals surface area contributed by atoms with Crippen molar-refractivity contribution in [3.05, 3.63) is 29.8 Å². The molecule has 2 nitrogen and oxygen atoms in total. The number of hydrogen-bond acceptors (Lipinski definition) is 3. The van der Waals surface area contributed by atoms with Gasteiger partial charge in [0, 0.05) is 23.7 Å². The first-order chi connectivity index (χ1) is 8.72. The fourth-order valence-corrected chi connectivity index (χ4v) is 4.85. The highest BCUT2D eigenvalue weighted by Gasteiger charge is 2.24. The number of hydrogen-bond donors (Lipinski definition) is 0. The van der Waals surface area contributed by atoms with E-state index >= 15 is 0 Å². The molecule has 2 rings (SSSR count). The lowest BCUT2D eigenvalue weighted by molar-refractivity contribution is -0.116. The van der Waals surface area contributed by atoms with Crippen LogP contribution in [0.15, 0.2) is 24.3 Å². The van der Waals surface area contributed by atoms with Gasteiger partial charge in [0.05, 0.1) is 4.58 Å². The Balaban J connectivity index is 2.19.